The Hall–Kier alpha value is -2.27. The van der Waals surface area contributed by atoms with Crippen LogP contribution in [0.4, 0.5) is 0 Å². The summed E-state index contributed by atoms with van der Waals surface area (Å²) in [5.74, 6) is 0.406. The highest BCUT2D eigenvalue weighted by molar-refractivity contribution is 5.88. The number of hydrogen-bond donors (Lipinski definition) is 2. The zero-order valence-corrected chi connectivity index (χ0v) is 19.0. The van der Waals surface area contributed by atoms with E-state index in [0.29, 0.717) is 17.8 Å². The Bertz CT molecular complexity index is 886. The molecule has 2 aromatic rings. The van der Waals surface area contributed by atoms with Crippen LogP contribution in [0.5, 0.6) is 11.5 Å². The second kappa shape index (κ2) is 11.8. The van der Waals surface area contributed by atoms with E-state index < -0.39 is 0 Å². The second-order valence-electron chi connectivity index (χ2n) is 8.20. The van der Waals surface area contributed by atoms with Crippen molar-refractivity contribution in [3.8, 4) is 11.5 Å². The first kappa shape index (κ1) is 24.0. The Kier molecular flexibility index (Phi) is 9.44. The van der Waals surface area contributed by atoms with Crippen molar-refractivity contribution in [1.82, 2.24) is 9.88 Å². The molecule has 0 aliphatic rings. The molecule has 166 valence electrons. The molecule has 0 aliphatic carbocycles. The minimum absolute atomic E-state index is 0.0531. The molecular formula is C25H38N2O3. The highest BCUT2D eigenvalue weighted by atomic mass is 16.5. The summed E-state index contributed by atoms with van der Waals surface area (Å²) in [6, 6.07) is 6.12. The highest BCUT2D eigenvalue weighted by Crippen LogP contribution is 2.35. The Labute approximate surface area is 180 Å². The van der Waals surface area contributed by atoms with Crippen molar-refractivity contribution in [1.29, 1.82) is 0 Å². The lowest BCUT2D eigenvalue weighted by atomic mass is 9.90. The van der Waals surface area contributed by atoms with Crippen molar-refractivity contribution in [3.05, 3.63) is 46.8 Å². The van der Waals surface area contributed by atoms with Gasteiger partial charge in [0.15, 0.2) is 5.75 Å². The summed E-state index contributed by atoms with van der Waals surface area (Å²) in [5, 5.41) is 14.9. The lowest BCUT2D eigenvalue weighted by Crippen LogP contribution is -2.25. The topological polar surface area (TPSA) is 63.5 Å². The van der Waals surface area contributed by atoms with Crippen LogP contribution in [0.2, 0.25) is 0 Å². The minimum atomic E-state index is -0.251. The Morgan fingerprint density at radius 2 is 2.00 bits per heavy atom. The summed E-state index contributed by atoms with van der Waals surface area (Å²) in [7, 11) is 0. The Morgan fingerprint density at radius 3 is 2.63 bits per heavy atom. The molecule has 0 saturated heterocycles. The smallest absolute Gasteiger partial charge is 0.297 e. The maximum atomic E-state index is 13.2. The second-order valence-corrected chi connectivity index (χ2v) is 8.20. The molecule has 2 N–H and O–H groups in total. The number of hydrogen-bond acceptors (Lipinski definition) is 4. The van der Waals surface area contributed by atoms with E-state index in [0.717, 1.165) is 50.7 Å². The number of aryl methyl sites for hydroxylation is 1. The van der Waals surface area contributed by atoms with Crippen LogP contribution in [-0.2, 0) is 6.54 Å². The van der Waals surface area contributed by atoms with Gasteiger partial charge in [0.25, 0.3) is 5.56 Å². The first-order valence-corrected chi connectivity index (χ1v) is 11.3. The molecule has 1 heterocycles. The van der Waals surface area contributed by atoms with Gasteiger partial charge >= 0.3 is 0 Å². The third-order valence-corrected chi connectivity index (χ3v) is 5.38. The van der Waals surface area contributed by atoms with E-state index in [1.54, 1.807) is 4.57 Å². The summed E-state index contributed by atoms with van der Waals surface area (Å²) >= 11 is 0. The van der Waals surface area contributed by atoms with Gasteiger partial charge in [-0.3, -0.25) is 4.79 Å². The van der Waals surface area contributed by atoms with Gasteiger partial charge < -0.3 is 19.7 Å². The van der Waals surface area contributed by atoms with Gasteiger partial charge in [0, 0.05) is 18.5 Å². The number of aromatic hydroxyl groups is 1. The van der Waals surface area contributed by atoms with Crippen molar-refractivity contribution < 1.29 is 9.84 Å². The van der Waals surface area contributed by atoms with Crippen molar-refractivity contribution in [2.45, 2.75) is 78.4 Å². The molecule has 1 atom stereocenters. The molecule has 5 heteroatoms. The molecule has 0 aliphatic heterocycles. The Balaban J connectivity index is 2.54. The van der Waals surface area contributed by atoms with E-state index in [1.807, 2.05) is 26.0 Å². The van der Waals surface area contributed by atoms with Crippen molar-refractivity contribution in [3.63, 3.8) is 0 Å². The average Bonchev–Trinajstić information content (AvgIpc) is 2.73. The maximum Gasteiger partial charge on any atom is 0.297 e. The van der Waals surface area contributed by atoms with Crippen molar-refractivity contribution in [2.75, 3.05) is 13.1 Å². The van der Waals surface area contributed by atoms with E-state index in [4.69, 9.17) is 4.74 Å². The monoisotopic (exact) mass is 414 g/mol. The largest absolute Gasteiger partial charge is 0.504 e. The highest BCUT2D eigenvalue weighted by Gasteiger charge is 2.20. The predicted octanol–water partition coefficient (Wildman–Crippen LogP) is 5.34. The SMILES string of the molecule is C=CCNCCC(CCC)c1ccc2c(O)c(OC(C)C)c(=O)n(CCCC)c2c1. The molecule has 0 radical (unpaired) electrons. The Morgan fingerprint density at radius 1 is 1.23 bits per heavy atom. The fourth-order valence-electron chi connectivity index (χ4n) is 3.87. The van der Waals surface area contributed by atoms with E-state index >= 15 is 0 Å². The molecule has 1 aromatic carbocycles. The molecule has 2 rings (SSSR count). The predicted molar refractivity (Wildman–Crippen MR) is 126 cm³/mol. The van der Waals surface area contributed by atoms with Gasteiger partial charge in [-0.2, -0.15) is 0 Å². The molecular weight excluding hydrogens is 376 g/mol. The maximum absolute atomic E-state index is 13.2. The van der Waals surface area contributed by atoms with Gasteiger partial charge in [0.05, 0.1) is 11.6 Å². The molecule has 5 nitrogen and oxygen atoms in total. The van der Waals surface area contributed by atoms with Gasteiger partial charge in [-0.15, -0.1) is 6.58 Å². The lowest BCUT2D eigenvalue weighted by molar-refractivity contribution is 0.227. The summed E-state index contributed by atoms with van der Waals surface area (Å²) in [6.07, 6.45) is 6.78. The molecule has 0 bridgehead atoms. The molecule has 0 fully saturated rings. The number of nitrogens with one attached hydrogen (secondary N) is 1. The van der Waals surface area contributed by atoms with Crippen LogP contribution in [0.3, 0.4) is 0 Å². The zero-order valence-electron chi connectivity index (χ0n) is 19.0. The van der Waals surface area contributed by atoms with Gasteiger partial charge in [-0.25, -0.2) is 0 Å². The summed E-state index contributed by atoms with van der Waals surface area (Å²) < 4.78 is 7.47. The van der Waals surface area contributed by atoms with E-state index in [-0.39, 0.29) is 23.2 Å². The quantitative estimate of drug-likeness (QED) is 0.343. The van der Waals surface area contributed by atoms with Crippen LogP contribution in [0, 0.1) is 0 Å². The van der Waals surface area contributed by atoms with Crippen molar-refractivity contribution >= 4 is 10.9 Å². The number of benzene rings is 1. The molecule has 30 heavy (non-hydrogen) atoms. The average molecular weight is 415 g/mol. The standard InChI is InChI=1S/C25H38N2O3/c1-6-9-16-27-22-17-20(19(10-7-2)13-15-26-14-8-3)11-12-21(22)23(28)24(25(27)29)30-18(4)5/h8,11-12,17-19,26,28H,3,6-7,9-10,13-16H2,1-2,4-5H3. The number of nitrogens with zero attached hydrogens (tertiary/aromatic N) is 1. The van der Waals surface area contributed by atoms with Crippen molar-refractivity contribution in [2.24, 2.45) is 0 Å². The number of unbranched alkanes of at least 4 members (excludes halogenated alkanes) is 1. The first-order valence-electron chi connectivity index (χ1n) is 11.3. The zero-order chi connectivity index (χ0) is 22.1. The number of fused-ring (bicyclic) bond motifs is 1. The third-order valence-electron chi connectivity index (χ3n) is 5.38. The van der Waals surface area contributed by atoms with Crippen LogP contribution in [0.15, 0.2) is 35.6 Å². The summed E-state index contributed by atoms with van der Waals surface area (Å²) in [6.45, 7) is 14.1. The van der Waals surface area contributed by atoms with Crippen LogP contribution in [0.25, 0.3) is 10.9 Å². The fraction of sp³-hybridized carbons (Fsp3) is 0.560. The molecule has 1 aromatic heterocycles. The van der Waals surface area contributed by atoms with Gasteiger partial charge in [-0.1, -0.05) is 38.8 Å². The van der Waals surface area contributed by atoms with Crippen LogP contribution >= 0.6 is 0 Å². The molecule has 0 spiro atoms. The summed E-state index contributed by atoms with van der Waals surface area (Å²) in [5.41, 5.74) is 1.75. The molecule has 0 saturated carbocycles. The summed E-state index contributed by atoms with van der Waals surface area (Å²) in [4.78, 5) is 13.2. The molecule has 1 unspecified atom stereocenters. The first-order chi connectivity index (χ1) is 14.4. The number of rotatable bonds is 13. The van der Waals surface area contributed by atoms with E-state index in [1.165, 1.54) is 5.56 Å². The van der Waals surface area contributed by atoms with Gasteiger partial charge in [0.2, 0.25) is 5.75 Å². The van der Waals surface area contributed by atoms with Crippen LogP contribution in [0.1, 0.15) is 71.3 Å². The normalized spacial score (nSPS) is 12.4. The van der Waals surface area contributed by atoms with Gasteiger partial charge in [-0.05, 0) is 63.3 Å². The fourth-order valence-corrected chi connectivity index (χ4v) is 3.87. The minimum Gasteiger partial charge on any atom is -0.504 e. The number of aromatic nitrogens is 1. The van der Waals surface area contributed by atoms with E-state index in [2.05, 4.69) is 37.9 Å². The number of pyridine rings is 1. The van der Waals surface area contributed by atoms with Gasteiger partial charge in [0.1, 0.15) is 0 Å². The van der Waals surface area contributed by atoms with Crippen LogP contribution in [-0.4, -0.2) is 28.9 Å². The molecule has 0 amide bonds. The lowest BCUT2D eigenvalue weighted by Gasteiger charge is -2.20. The number of ether oxygens (including phenoxy) is 1. The third kappa shape index (κ3) is 5.88. The van der Waals surface area contributed by atoms with Crippen LogP contribution < -0.4 is 15.6 Å². The van der Waals surface area contributed by atoms with E-state index in [9.17, 15) is 9.90 Å².